The summed E-state index contributed by atoms with van der Waals surface area (Å²) in [6, 6.07) is 15.1. The smallest absolute Gasteiger partial charge is 0.152 e. The summed E-state index contributed by atoms with van der Waals surface area (Å²) in [6.45, 7) is 8.96. The van der Waals surface area contributed by atoms with Crippen LogP contribution in [-0.4, -0.2) is 51.1 Å². The van der Waals surface area contributed by atoms with E-state index >= 15 is 4.39 Å². The molecule has 0 radical (unpaired) electrons. The predicted molar refractivity (Wildman–Crippen MR) is 139 cm³/mol. The van der Waals surface area contributed by atoms with Crippen LogP contribution in [0.2, 0.25) is 0 Å². The maximum atomic E-state index is 15.0. The molecule has 1 aliphatic heterocycles. The van der Waals surface area contributed by atoms with Crippen molar-refractivity contribution >= 4 is 10.9 Å². The van der Waals surface area contributed by atoms with Crippen LogP contribution in [0.4, 0.5) is 4.39 Å². The van der Waals surface area contributed by atoms with Gasteiger partial charge in [-0.25, -0.2) is 9.07 Å². The molecule has 2 N–H and O–H groups in total. The third-order valence-electron chi connectivity index (χ3n) is 7.14. The number of nitrogens with two attached hydrogens (primary N) is 1. The molecule has 2 aromatic carbocycles. The van der Waals surface area contributed by atoms with E-state index in [1.54, 1.807) is 16.8 Å². The van der Waals surface area contributed by atoms with Crippen LogP contribution < -0.4 is 10.5 Å². The van der Waals surface area contributed by atoms with Gasteiger partial charge in [0.05, 0.1) is 23.7 Å². The fraction of sp³-hybridized carbons (Fsp3) is 0.393. The number of hydrogen-bond donors (Lipinski definition) is 1. The van der Waals surface area contributed by atoms with Gasteiger partial charge < -0.3 is 15.4 Å². The molecule has 188 valence electrons. The first kappa shape index (κ1) is 24.3. The van der Waals surface area contributed by atoms with Gasteiger partial charge in [-0.3, -0.25) is 0 Å². The molecule has 1 fully saturated rings. The molecule has 3 heterocycles. The van der Waals surface area contributed by atoms with Gasteiger partial charge in [0.15, 0.2) is 5.82 Å². The molecule has 0 saturated carbocycles. The molecule has 36 heavy (non-hydrogen) atoms. The molecule has 1 aliphatic rings. The fourth-order valence-corrected chi connectivity index (χ4v) is 5.24. The van der Waals surface area contributed by atoms with E-state index in [0.29, 0.717) is 18.0 Å². The van der Waals surface area contributed by atoms with Gasteiger partial charge in [0, 0.05) is 30.0 Å². The highest BCUT2D eigenvalue weighted by Gasteiger charge is 2.28. The molecule has 0 amide bonds. The Hall–Kier alpha value is -3.36. The van der Waals surface area contributed by atoms with E-state index in [0.717, 1.165) is 66.0 Å². The van der Waals surface area contributed by atoms with Gasteiger partial charge in [-0.15, -0.1) is 0 Å². The number of hydrogen-bond acceptors (Lipinski definition) is 6. The lowest BCUT2D eigenvalue weighted by atomic mass is 9.91. The van der Waals surface area contributed by atoms with Crippen LogP contribution >= 0.6 is 0 Å². The molecule has 0 aliphatic carbocycles. The van der Waals surface area contributed by atoms with Crippen LogP contribution in [0.5, 0.6) is 5.75 Å². The van der Waals surface area contributed by atoms with Crippen molar-refractivity contribution in [3.8, 4) is 11.4 Å². The quantitative estimate of drug-likeness (QED) is 0.401. The van der Waals surface area contributed by atoms with Gasteiger partial charge in [-0.05, 0) is 64.4 Å². The van der Waals surface area contributed by atoms with Gasteiger partial charge in [0.2, 0.25) is 0 Å². The van der Waals surface area contributed by atoms with E-state index in [-0.39, 0.29) is 17.8 Å². The Balaban J connectivity index is 1.38. The second-order valence-electron chi connectivity index (χ2n) is 9.53. The van der Waals surface area contributed by atoms with Crippen molar-refractivity contribution in [2.45, 2.75) is 45.6 Å². The number of aryl methyl sites for hydroxylation is 2. The standard InChI is InChI=1S/C28H33FN6O/c1-4-36-22-10-11-25(23(29)16-22)35-19(3)26-18(2)31-32-27(28(26)33-35)21-12-14-34(15-13-21)17-24(30)20-8-6-5-7-9-20/h5-11,16,21,24H,4,12-15,17,30H2,1-3H3. The van der Waals surface area contributed by atoms with E-state index in [9.17, 15) is 0 Å². The minimum atomic E-state index is -0.375. The summed E-state index contributed by atoms with van der Waals surface area (Å²) in [4.78, 5) is 2.42. The molecule has 2 aromatic heterocycles. The van der Waals surface area contributed by atoms with E-state index in [1.165, 1.54) is 6.07 Å². The van der Waals surface area contributed by atoms with Crippen LogP contribution in [0.3, 0.4) is 0 Å². The summed E-state index contributed by atoms with van der Waals surface area (Å²) in [6.07, 6.45) is 1.91. The maximum absolute atomic E-state index is 15.0. The van der Waals surface area contributed by atoms with Crippen LogP contribution in [0.15, 0.2) is 48.5 Å². The van der Waals surface area contributed by atoms with Gasteiger partial charge in [0.1, 0.15) is 17.0 Å². The highest BCUT2D eigenvalue weighted by atomic mass is 19.1. The van der Waals surface area contributed by atoms with Crippen LogP contribution in [0.25, 0.3) is 16.6 Å². The molecule has 4 aromatic rings. The summed E-state index contributed by atoms with van der Waals surface area (Å²) >= 11 is 0. The summed E-state index contributed by atoms with van der Waals surface area (Å²) < 4.78 is 22.1. The van der Waals surface area contributed by atoms with E-state index in [1.807, 2.05) is 39.0 Å². The predicted octanol–water partition coefficient (Wildman–Crippen LogP) is 4.85. The lowest BCUT2D eigenvalue weighted by molar-refractivity contribution is 0.200. The molecule has 0 bridgehead atoms. The third kappa shape index (κ3) is 4.70. The number of benzene rings is 2. The molecule has 0 spiro atoms. The average Bonchev–Trinajstić information content (AvgIpc) is 3.23. The summed E-state index contributed by atoms with van der Waals surface area (Å²) in [7, 11) is 0. The van der Waals surface area contributed by atoms with Crippen molar-refractivity contribution in [1.82, 2.24) is 24.9 Å². The average molecular weight is 489 g/mol. The number of nitrogens with zero attached hydrogens (tertiary/aromatic N) is 5. The highest BCUT2D eigenvalue weighted by Crippen LogP contribution is 2.34. The second-order valence-corrected chi connectivity index (χ2v) is 9.53. The second kappa shape index (κ2) is 10.3. The number of likely N-dealkylation sites (tertiary alicyclic amines) is 1. The van der Waals surface area contributed by atoms with Gasteiger partial charge in [0.25, 0.3) is 0 Å². The van der Waals surface area contributed by atoms with E-state index in [4.69, 9.17) is 15.6 Å². The van der Waals surface area contributed by atoms with E-state index in [2.05, 4.69) is 27.2 Å². The van der Waals surface area contributed by atoms with Crippen molar-refractivity contribution < 1.29 is 9.13 Å². The first-order valence-corrected chi connectivity index (χ1v) is 12.6. The third-order valence-corrected chi connectivity index (χ3v) is 7.14. The Kier molecular flexibility index (Phi) is 6.98. The molecular formula is C28H33FN6O. The van der Waals surface area contributed by atoms with Gasteiger partial charge in [-0.2, -0.15) is 15.3 Å². The molecule has 1 saturated heterocycles. The molecule has 1 unspecified atom stereocenters. The Labute approximate surface area is 211 Å². The lowest BCUT2D eigenvalue weighted by Crippen LogP contribution is -2.38. The van der Waals surface area contributed by atoms with Crippen molar-refractivity contribution in [1.29, 1.82) is 0 Å². The molecule has 7 nitrogen and oxygen atoms in total. The van der Waals surface area contributed by atoms with Crippen molar-refractivity contribution in [3.05, 3.63) is 77.0 Å². The summed E-state index contributed by atoms with van der Waals surface area (Å²) in [5.41, 5.74) is 11.4. The minimum absolute atomic E-state index is 0.00372. The normalized spacial score (nSPS) is 15.9. The van der Waals surface area contributed by atoms with Crippen molar-refractivity contribution in [3.63, 3.8) is 0 Å². The minimum Gasteiger partial charge on any atom is -0.494 e. The van der Waals surface area contributed by atoms with Crippen LogP contribution in [-0.2, 0) is 0 Å². The van der Waals surface area contributed by atoms with Crippen molar-refractivity contribution in [2.75, 3.05) is 26.2 Å². The molecule has 8 heteroatoms. The summed E-state index contributed by atoms with van der Waals surface area (Å²) in [5.74, 6) is 0.379. The Morgan fingerprint density at radius 2 is 1.83 bits per heavy atom. The fourth-order valence-electron chi connectivity index (χ4n) is 5.24. The summed E-state index contributed by atoms with van der Waals surface area (Å²) in [5, 5.41) is 14.9. The zero-order valence-electron chi connectivity index (χ0n) is 21.1. The van der Waals surface area contributed by atoms with Crippen LogP contribution in [0, 0.1) is 19.7 Å². The number of piperidine rings is 1. The van der Waals surface area contributed by atoms with Gasteiger partial charge >= 0.3 is 0 Å². The lowest BCUT2D eigenvalue weighted by Gasteiger charge is -2.33. The van der Waals surface area contributed by atoms with Crippen LogP contribution in [0.1, 0.15) is 54.4 Å². The first-order chi connectivity index (χ1) is 17.5. The Morgan fingerprint density at radius 3 is 2.53 bits per heavy atom. The highest BCUT2D eigenvalue weighted by molar-refractivity contribution is 5.86. The molecule has 5 rings (SSSR count). The Morgan fingerprint density at radius 1 is 1.08 bits per heavy atom. The first-order valence-electron chi connectivity index (χ1n) is 12.6. The largest absolute Gasteiger partial charge is 0.494 e. The maximum Gasteiger partial charge on any atom is 0.152 e. The topological polar surface area (TPSA) is 82.1 Å². The number of fused-ring (bicyclic) bond motifs is 1. The number of ether oxygens (including phenoxy) is 1. The van der Waals surface area contributed by atoms with E-state index < -0.39 is 0 Å². The zero-order valence-corrected chi connectivity index (χ0v) is 21.1. The number of rotatable bonds is 7. The molecule has 1 atom stereocenters. The number of halogens is 1. The SMILES string of the molecule is CCOc1ccc(-n2nc3c(C4CCN(CC(N)c5ccccc5)CC4)nnc(C)c3c2C)c(F)c1. The Bertz CT molecular complexity index is 1350. The monoisotopic (exact) mass is 488 g/mol. The molecular weight excluding hydrogens is 455 g/mol. The van der Waals surface area contributed by atoms with Crippen molar-refractivity contribution in [2.24, 2.45) is 5.73 Å². The number of aromatic nitrogens is 4. The zero-order chi connectivity index (χ0) is 25.2. The van der Waals surface area contributed by atoms with Gasteiger partial charge in [-0.1, -0.05) is 30.3 Å².